The fourth-order valence-corrected chi connectivity index (χ4v) is 1.86. The molecule has 1 aromatic rings. The Balaban J connectivity index is 2.21. The Morgan fingerprint density at radius 3 is 2.93 bits per heavy atom. The van der Waals surface area contributed by atoms with Crippen LogP contribution >= 0.6 is 0 Å². The number of nitrogens with one attached hydrogen (secondary N) is 1. The Hall–Kier alpha value is -1.22. The van der Waals surface area contributed by atoms with Gasteiger partial charge in [-0.1, -0.05) is 12.1 Å². The van der Waals surface area contributed by atoms with Crippen molar-refractivity contribution < 1.29 is 9.18 Å². The van der Waals surface area contributed by atoms with Gasteiger partial charge in [-0.2, -0.15) is 0 Å². The van der Waals surface area contributed by atoms with Crippen LogP contribution < -0.4 is 5.32 Å². The van der Waals surface area contributed by atoms with Crippen molar-refractivity contribution in [1.29, 1.82) is 0 Å². The molecule has 1 aliphatic rings. The van der Waals surface area contributed by atoms with E-state index in [1.54, 1.807) is 19.1 Å². The van der Waals surface area contributed by atoms with E-state index in [2.05, 4.69) is 5.32 Å². The van der Waals surface area contributed by atoms with Gasteiger partial charge in [0.05, 0.1) is 0 Å². The smallest absolute Gasteiger partial charge is 0.167 e. The van der Waals surface area contributed by atoms with Gasteiger partial charge in [-0.05, 0) is 31.5 Å². The van der Waals surface area contributed by atoms with Gasteiger partial charge in [-0.15, -0.1) is 0 Å². The molecule has 0 spiro atoms. The molecule has 1 atom stereocenters. The highest BCUT2D eigenvalue weighted by Crippen LogP contribution is 2.17. The van der Waals surface area contributed by atoms with E-state index in [1.165, 1.54) is 6.07 Å². The summed E-state index contributed by atoms with van der Waals surface area (Å²) in [7, 11) is 0. The SMILES string of the molecule is Cc1ccc(C(=O)C2CCNC2)cc1F. The summed E-state index contributed by atoms with van der Waals surface area (Å²) in [6, 6.07) is 4.71. The molecular formula is C12H14FNO. The van der Waals surface area contributed by atoms with Crippen molar-refractivity contribution >= 4 is 5.78 Å². The molecule has 1 N–H and O–H groups in total. The van der Waals surface area contributed by atoms with Crippen LogP contribution in [0.4, 0.5) is 4.39 Å². The first-order chi connectivity index (χ1) is 7.18. The minimum Gasteiger partial charge on any atom is -0.316 e. The second-order valence-electron chi connectivity index (χ2n) is 4.02. The van der Waals surface area contributed by atoms with E-state index in [4.69, 9.17) is 0 Å². The van der Waals surface area contributed by atoms with Crippen LogP contribution in [0.2, 0.25) is 0 Å². The molecule has 2 rings (SSSR count). The Kier molecular flexibility index (Phi) is 2.82. The van der Waals surface area contributed by atoms with Crippen molar-refractivity contribution in [2.24, 2.45) is 5.92 Å². The zero-order valence-corrected chi connectivity index (χ0v) is 8.72. The van der Waals surface area contributed by atoms with E-state index >= 15 is 0 Å². The molecule has 15 heavy (non-hydrogen) atoms. The van der Waals surface area contributed by atoms with Gasteiger partial charge in [0.15, 0.2) is 5.78 Å². The van der Waals surface area contributed by atoms with Crippen LogP contribution in [0.15, 0.2) is 18.2 Å². The lowest BCUT2D eigenvalue weighted by Crippen LogP contribution is -2.18. The van der Waals surface area contributed by atoms with E-state index in [1.807, 2.05) is 0 Å². The zero-order valence-electron chi connectivity index (χ0n) is 8.72. The average Bonchev–Trinajstić information content (AvgIpc) is 2.74. The van der Waals surface area contributed by atoms with Gasteiger partial charge in [0.1, 0.15) is 5.82 Å². The third-order valence-corrected chi connectivity index (χ3v) is 2.89. The summed E-state index contributed by atoms with van der Waals surface area (Å²) in [5.74, 6) is -0.224. The summed E-state index contributed by atoms with van der Waals surface area (Å²) in [6.45, 7) is 3.29. The van der Waals surface area contributed by atoms with Crippen molar-refractivity contribution in [3.05, 3.63) is 35.1 Å². The summed E-state index contributed by atoms with van der Waals surface area (Å²) in [4.78, 5) is 11.9. The first kappa shape index (κ1) is 10.3. The number of carbonyl (C=O) groups is 1. The fourth-order valence-electron chi connectivity index (χ4n) is 1.86. The second kappa shape index (κ2) is 4.11. The van der Waals surface area contributed by atoms with E-state index in [9.17, 15) is 9.18 Å². The van der Waals surface area contributed by atoms with Crippen molar-refractivity contribution in [3.63, 3.8) is 0 Å². The van der Waals surface area contributed by atoms with Crippen LogP contribution in [0.3, 0.4) is 0 Å². The van der Waals surface area contributed by atoms with Gasteiger partial charge in [0.25, 0.3) is 0 Å². The lowest BCUT2D eigenvalue weighted by atomic mass is 9.96. The molecule has 3 heteroatoms. The molecule has 0 aromatic heterocycles. The monoisotopic (exact) mass is 207 g/mol. The second-order valence-corrected chi connectivity index (χ2v) is 4.02. The number of halogens is 1. The van der Waals surface area contributed by atoms with E-state index in [-0.39, 0.29) is 17.5 Å². The van der Waals surface area contributed by atoms with Gasteiger partial charge in [0, 0.05) is 18.0 Å². The lowest BCUT2D eigenvalue weighted by molar-refractivity contribution is 0.0930. The summed E-state index contributed by atoms with van der Waals surface area (Å²) in [6.07, 6.45) is 0.855. The van der Waals surface area contributed by atoms with Crippen molar-refractivity contribution in [2.75, 3.05) is 13.1 Å². The summed E-state index contributed by atoms with van der Waals surface area (Å²) in [5.41, 5.74) is 1.07. The lowest BCUT2D eigenvalue weighted by Gasteiger charge is -2.07. The molecule has 1 aliphatic heterocycles. The molecule has 0 radical (unpaired) electrons. The molecule has 1 heterocycles. The molecule has 0 aliphatic carbocycles. The molecule has 1 unspecified atom stereocenters. The standard InChI is InChI=1S/C12H14FNO/c1-8-2-3-9(6-11(8)13)12(15)10-4-5-14-7-10/h2-3,6,10,14H,4-5,7H2,1H3. The maximum Gasteiger partial charge on any atom is 0.167 e. The number of carbonyl (C=O) groups excluding carboxylic acids is 1. The Bertz CT molecular complexity index is 383. The predicted octanol–water partition coefficient (Wildman–Crippen LogP) is 1.93. The number of rotatable bonds is 2. The normalized spacial score (nSPS) is 20.5. The molecule has 80 valence electrons. The maximum atomic E-state index is 13.3. The van der Waals surface area contributed by atoms with Gasteiger partial charge >= 0.3 is 0 Å². The molecule has 2 nitrogen and oxygen atoms in total. The Morgan fingerprint density at radius 2 is 2.33 bits per heavy atom. The first-order valence-electron chi connectivity index (χ1n) is 5.19. The van der Waals surface area contributed by atoms with Gasteiger partial charge in [0.2, 0.25) is 0 Å². The molecular weight excluding hydrogens is 193 g/mol. The van der Waals surface area contributed by atoms with E-state index in [0.717, 1.165) is 13.0 Å². The minimum atomic E-state index is -0.299. The Morgan fingerprint density at radius 1 is 1.53 bits per heavy atom. The van der Waals surface area contributed by atoms with Crippen LogP contribution in [0.1, 0.15) is 22.3 Å². The van der Waals surface area contributed by atoms with Crippen molar-refractivity contribution in [2.45, 2.75) is 13.3 Å². The molecule has 0 saturated carbocycles. The number of Topliss-reactive ketones (excluding diaryl/α,β-unsaturated/α-hetero) is 1. The number of aryl methyl sites for hydroxylation is 1. The Labute approximate surface area is 88.5 Å². The first-order valence-corrected chi connectivity index (χ1v) is 5.19. The highest BCUT2D eigenvalue weighted by Gasteiger charge is 2.23. The molecule has 1 aromatic carbocycles. The molecule has 0 bridgehead atoms. The number of ketones is 1. The van der Waals surface area contributed by atoms with Gasteiger partial charge in [-0.3, -0.25) is 4.79 Å². The van der Waals surface area contributed by atoms with Crippen LogP contribution in [0.5, 0.6) is 0 Å². The van der Waals surface area contributed by atoms with Gasteiger partial charge < -0.3 is 5.32 Å². The number of hydrogen-bond donors (Lipinski definition) is 1. The van der Waals surface area contributed by atoms with Crippen LogP contribution in [-0.4, -0.2) is 18.9 Å². The number of hydrogen-bond acceptors (Lipinski definition) is 2. The zero-order chi connectivity index (χ0) is 10.8. The van der Waals surface area contributed by atoms with Crippen molar-refractivity contribution in [1.82, 2.24) is 5.32 Å². The van der Waals surface area contributed by atoms with Gasteiger partial charge in [-0.25, -0.2) is 4.39 Å². The minimum absolute atomic E-state index is 0.0205. The van der Waals surface area contributed by atoms with Crippen LogP contribution in [0, 0.1) is 18.7 Å². The fraction of sp³-hybridized carbons (Fsp3) is 0.417. The quantitative estimate of drug-likeness (QED) is 0.751. The molecule has 1 saturated heterocycles. The maximum absolute atomic E-state index is 13.3. The summed E-state index contributed by atoms with van der Waals surface area (Å²) in [5, 5.41) is 3.13. The highest BCUT2D eigenvalue weighted by molar-refractivity contribution is 5.98. The largest absolute Gasteiger partial charge is 0.316 e. The number of benzene rings is 1. The van der Waals surface area contributed by atoms with Crippen LogP contribution in [-0.2, 0) is 0 Å². The van der Waals surface area contributed by atoms with E-state index < -0.39 is 0 Å². The summed E-state index contributed by atoms with van der Waals surface area (Å²) >= 11 is 0. The summed E-state index contributed by atoms with van der Waals surface area (Å²) < 4.78 is 13.3. The topological polar surface area (TPSA) is 29.1 Å². The highest BCUT2D eigenvalue weighted by atomic mass is 19.1. The predicted molar refractivity (Wildman–Crippen MR) is 56.4 cm³/mol. The third kappa shape index (κ3) is 2.07. The third-order valence-electron chi connectivity index (χ3n) is 2.89. The average molecular weight is 207 g/mol. The molecule has 1 fully saturated rings. The van der Waals surface area contributed by atoms with Crippen molar-refractivity contribution in [3.8, 4) is 0 Å². The van der Waals surface area contributed by atoms with Crippen LogP contribution in [0.25, 0.3) is 0 Å². The van der Waals surface area contributed by atoms with E-state index in [0.29, 0.717) is 17.7 Å². The molecule has 0 amide bonds.